The number of nitrogens with one attached hydrogen (secondary N) is 2. The molecule has 0 aliphatic carbocycles. The topological polar surface area (TPSA) is 85.2 Å². The van der Waals surface area contributed by atoms with E-state index < -0.39 is 0 Å². The fourth-order valence-corrected chi connectivity index (χ4v) is 3.33. The first-order chi connectivity index (χ1) is 13.0. The normalized spacial score (nSPS) is 13.2. The van der Waals surface area contributed by atoms with E-state index in [0.29, 0.717) is 24.6 Å². The lowest BCUT2D eigenvalue weighted by Crippen LogP contribution is -2.31. The largest absolute Gasteiger partial charge is 0.496 e. The predicted octanol–water partition coefficient (Wildman–Crippen LogP) is 2.30. The van der Waals surface area contributed by atoms with Crippen LogP contribution in [-0.2, 0) is 19.5 Å². The Balaban J connectivity index is 1.82. The van der Waals surface area contributed by atoms with Gasteiger partial charge in [-0.1, -0.05) is 18.2 Å². The van der Waals surface area contributed by atoms with Crippen LogP contribution in [0.5, 0.6) is 5.75 Å². The molecule has 0 saturated carbocycles. The van der Waals surface area contributed by atoms with Gasteiger partial charge in [0.1, 0.15) is 11.4 Å². The zero-order valence-corrected chi connectivity index (χ0v) is 16.0. The van der Waals surface area contributed by atoms with Gasteiger partial charge < -0.3 is 19.9 Å². The van der Waals surface area contributed by atoms with E-state index in [1.165, 1.54) is 0 Å². The van der Waals surface area contributed by atoms with Crippen molar-refractivity contribution in [2.45, 2.75) is 52.2 Å². The van der Waals surface area contributed by atoms with E-state index >= 15 is 0 Å². The van der Waals surface area contributed by atoms with Gasteiger partial charge in [-0.3, -0.25) is 9.59 Å². The molecule has 3 rings (SSSR count). The first-order valence-electron chi connectivity index (χ1n) is 9.31. The van der Waals surface area contributed by atoms with Gasteiger partial charge in [0.25, 0.3) is 11.8 Å². The van der Waals surface area contributed by atoms with Gasteiger partial charge in [-0.2, -0.15) is 0 Å². The molecule has 0 saturated heterocycles. The van der Waals surface area contributed by atoms with E-state index in [0.717, 1.165) is 36.3 Å². The minimum absolute atomic E-state index is 0.0151. The Morgan fingerprint density at radius 3 is 2.74 bits per heavy atom. The molecular formula is C20H26N4O3. The third kappa shape index (κ3) is 4.13. The second kappa shape index (κ2) is 8.24. The second-order valence-electron chi connectivity index (χ2n) is 6.96. The van der Waals surface area contributed by atoms with E-state index in [4.69, 9.17) is 4.74 Å². The van der Waals surface area contributed by atoms with Gasteiger partial charge in [0.05, 0.1) is 12.8 Å². The van der Waals surface area contributed by atoms with Gasteiger partial charge in [0.15, 0.2) is 5.82 Å². The summed E-state index contributed by atoms with van der Waals surface area (Å²) in [5, 5.41) is 5.77. The van der Waals surface area contributed by atoms with Gasteiger partial charge in [0.2, 0.25) is 0 Å². The van der Waals surface area contributed by atoms with Gasteiger partial charge in [-0.25, -0.2) is 4.98 Å². The smallest absolute Gasteiger partial charge is 0.287 e. The number of carbonyl (C=O) groups is 2. The van der Waals surface area contributed by atoms with Crippen molar-refractivity contribution in [3.63, 3.8) is 0 Å². The van der Waals surface area contributed by atoms with Gasteiger partial charge in [-0.15, -0.1) is 0 Å². The number of nitrogens with zero attached hydrogens (tertiary/aromatic N) is 2. The lowest BCUT2D eigenvalue weighted by molar-refractivity contribution is 0.0934. The first kappa shape index (κ1) is 18.9. The van der Waals surface area contributed by atoms with E-state index in [-0.39, 0.29) is 17.9 Å². The molecule has 0 spiro atoms. The van der Waals surface area contributed by atoms with E-state index in [2.05, 4.69) is 15.6 Å². The van der Waals surface area contributed by atoms with Crippen molar-refractivity contribution in [2.24, 2.45) is 0 Å². The maximum absolute atomic E-state index is 12.8. The predicted molar refractivity (Wildman–Crippen MR) is 102 cm³/mol. The molecule has 0 unspecified atom stereocenters. The highest BCUT2D eigenvalue weighted by molar-refractivity contribution is 5.97. The van der Waals surface area contributed by atoms with Crippen molar-refractivity contribution in [2.75, 3.05) is 7.11 Å². The average Bonchev–Trinajstić information content (AvgIpc) is 3.06. The maximum Gasteiger partial charge on any atom is 0.287 e. The van der Waals surface area contributed by atoms with Crippen LogP contribution < -0.4 is 15.4 Å². The van der Waals surface area contributed by atoms with Crippen LogP contribution in [0.15, 0.2) is 24.3 Å². The summed E-state index contributed by atoms with van der Waals surface area (Å²) in [6, 6.07) is 7.56. The summed E-state index contributed by atoms with van der Waals surface area (Å²) >= 11 is 0. The van der Waals surface area contributed by atoms with E-state index in [1.807, 2.05) is 42.7 Å². The van der Waals surface area contributed by atoms with Crippen molar-refractivity contribution < 1.29 is 14.3 Å². The monoisotopic (exact) mass is 370 g/mol. The molecule has 144 valence electrons. The van der Waals surface area contributed by atoms with Crippen molar-refractivity contribution in [1.82, 2.24) is 20.2 Å². The van der Waals surface area contributed by atoms with Gasteiger partial charge >= 0.3 is 0 Å². The summed E-state index contributed by atoms with van der Waals surface area (Å²) in [5.41, 5.74) is 2.10. The van der Waals surface area contributed by atoms with Gasteiger partial charge in [-0.05, 0) is 39.2 Å². The molecule has 1 aliphatic heterocycles. The number of benzene rings is 1. The standard InChI is InChI=1S/C20H26N4O3/c1-13(2)22-19(25)17-15-9-6-7-11-24(15)18(23-17)20(26)21-12-14-8-4-5-10-16(14)27-3/h4-5,8,10,13H,6-7,9,11-12H2,1-3H3,(H,21,26)(H,22,25). The van der Waals surface area contributed by atoms with Crippen molar-refractivity contribution in [1.29, 1.82) is 0 Å². The highest BCUT2D eigenvalue weighted by Crippen LogP contribution is 2.22. The Kier molecular flexibility index (Phi) is 5.78. The number of fused-ring (bicyclic) bond motifs is 1. The number of para-hydroxylation sites is 1. The maximum atomic E-state index is 12.8. The molecule has 2 heterocycles. The van der Waals surface area contributed by atoms with E-state index in [1.54, 1.807) is 7.11 Å². The minimum atomic E-state index is -0.285. The third-order valence-electron chi connectivity index (χ3n) is 4.59. The SMILES string of the molecule is COc1ccccc1CNC(=O)c1nc(C(=O)NC(C)C)c2n1CCCC2. The molecule has 0 fully saturated rings. The number of rotatable bonds is 6. The number of hydrogen-bond donors (Lipinski definition) is 2. The van der Waals surface area contributed by atoms with Crippen LogP contribution in [-0.4, -0.2) is 34.5 Å². The van der Waals surface area contributed by atoms with Crippen molar-refractivity contribution >= 4 is 11.8 Å². The number of amides is 2. The van der Waals surface area contributed by atoms with Crippen molar-refractivity contribution in [3.05, 3.63) is 47.0 Å². The summed E-state index contributed by atoms with van der Waals surface area (Å²) < 4.78 is 7.21. The Hall–Kier alpha value is -2.83. The van der Waals surface area contributed by atoms with Crippen LogP contribution >= 0.6 is 0 Å². The van der Waals surface area contributed by atoms with Crippen LogP contribution in [0.1, 0.15) is 59.1 Å². The molecular weight excluding hydrogens is 344 g/mol. The number of methoxy groups -OCH3 is 1. The number of imidazole rings is 1. The molecule has 2 amide bonds. The quantitative estimate of drug-likeness (QED) is 0.817. The fraction of sp³-hybridized carbons (Fsp3) is 0.450. The summed E-state index contributed by atoms with van der Waals surface area (Å²) in [6.07, 6.45) is 2.73. The van der Waals surface area contributed by atoms with Crippen LogP contribution in [0, 0.1) is 0 Å². The van der Waals surface area contributed by atoms with Crippen LogP contribution in [0.2, 0.25) is 0 Å². The minimum Gasteiger partial charge on any atom is -0.496 e. The van der Waals surface area contributed by atoms with Crippen LogP contribution in [0.4, 0.5) is 0 Å². The highest BCUT2D eigenvalue weighted by atomic mass is 16.5. The van der Waals surface area contributed by atoms with Gasteiger partial charge in [0, 0.05) is 24.7 Å². The number of hydrogen-bond acceptors (Lipinski definition) is 4. The molecule has 2 aromatic rings. The lowest BCUT2D eigenvalue weighted by Gasteiger charge is -2.17. The second-order valence-corrected chi connectivity index (χ2v) is 6.96. The summed E-state index contributed by atoms with van der Waals surface area (Å²) in [7, 11) is 1.60. The zero-order valence-electron chi connectivity index (χ0n) is 16.0. The number of carbonyl (C=O) groups excluding carboxylic acids is 2. The Labute approximate surface area is 159 Å². The summed E-state index contributed by atoms with van der Waals surface area (Å²) in [5.74, 6) is 0.514. The average molecular weight is 370 g/mol. The highest BCUT2D eigenvalue weighted by Gasteiger charge is 2.27. The molecule has 1 aliphatic rings. The number of aromatic nitrogens is 2. The molecule has 1 aromatic carbocycles. The lowest BCUT2D eigenvalue weighted by atomic mass is 10.1. The molecule has 0 atom stereocenters. The number of ether oxygens (including phenoxy) is 1. The molecule has 7 nitrogen and oxygen atoms in total. The van der Waals surface area contributed by atoms with E-state index in [9.17, 15) is 9.59 Å². The molecule has 0 bridgehead atoms. The Morgan fingerprint density at radius 1 is 1.22 bits per heavy atom. The molecule has 27 heavy (non-hydrogen) atoms. The van der Waals surface area contributed by atoms with Crippen LogP contribution in [0.3, 0.4) is 0 Å². The molecule has 7 heteroatoms. The third-order valence-corrected chi connectivity index (χ3v) is 4.59. The zero-order chi connectivity index (χ0) is 19.4. The Morgan fingerprint density at radius 2 is 2.00 bits per heavy atom. The van der Waals surface area contributed by atoms with Crippen molar-refractivity contribution in [3.8, 4) is 5.75 Å². The first-order valence-corrected chi connectivity index (χ1v) is 9.31. The fourth-order valence-electron chi connectivity index (χ4n) is 3.33. The molecule has 1 aromatic heterocycles. The molecule has 0 radical (unpaired) electrons. The Bertz CT molecular complexity index is 842. The molecule has 2 N–H and O–H groups in total. The summed E-state index contributed by atoms with van der Waals surface area (Å²) in [4.78, 5) is 29.7. The van der Waals surface area contributed by atoms with Crippen LogP contribution in [0.25, 0.3) is 0 Å². The summed E-state index contributed by atoms with van der Waals surface area (Å²) in [6.45, 7) is 4.84.